The van der Waals surface area contributed by atoms with Crippen LogP contribution >= 0.6 is 0 Å². The molecule has 3 unspecified atom stereocenters. The van der Waals surface area contributed by atoms with Gasteiger partial charge in [-0.15, -0.1) is 0 Å². The van der Waals surface area contributed by atoms with E-state index in [4.69, 9.17) is 0 Å². The number of aryl methyl sites for hydroxylation is 1. The number of aromatic amines is 1. The van der Waals surface area contributed by atoms with Crippen molar-refractivity contribution in [3.8, 4) is 0 Å². The van der Waals surface area contributed by atoms with Gasteiger partial charge in [-0.3, -0.25) is 9.89 Å². The molecule has 2 aliphatic rings. The van der Waals surface area contributed by atoms with Crippen molar-refractivity contribution < 1.29 is 23.1 Å². The van der Waals surface area contributed by atoms with Crippen molar-refractivity contribution in [1.29, 1.82) is 0 Å². The molecule has 8 heteroatoms. The van der Waals surface area contributed by atoms with E-state index in [1.165, 1.54) is 0 Å². The molecule has 1 amide bonds. The second kappa shape index (κ2) is 6.14. The Labute approximate surface area is 131 Å². The standard InChI is InChI=1S/C15H20F3N3O2/c16-15(17,18)13-9-7-8(5-6-10(9)20-21-13)14(23)19-11-3-1-2-4-12(11)22/h8,11-12,22H,1-7H2,(H,19,23)(H,20,21). The zero-order chi connectivity index (χ0) is 16.6. The molecule has 1 fully saturated rings. The summed E-state index contributed by atoms with van der Waals surface area (Å²) < 4.78 is 38.8. The fraction of sp³-hybridized carbons (Fsp3) is 0.733. The predicted octanol–water partition coefficient (Wildman–Crippen LogP) is 1.95. The van der Waals surface area contributed by atoms with Crippen LogP contribution < -0.4 is 5.32 Å². The highest BCUT2D eigenvalue weighted by atomic mass is 19.4. The van der Waals surface area contributed by atoms with E-state index in [-0.39, 0.29) is 23.9 Å². The maximum absolute atomic E-state index is 12.9. The summed E-state index contributed by atoms with van der Waals surface area (Å²) in [5, 5.41) is 18.5. The third-order valence-electron chi connectivity index (χ3n) is 4.84. The average Bonchev–Trinajstić information content (AvgIpc) is 2.92. The van der Waals surface area contributed by atoms with Gasteiger partial charge in [-0.25, -0.2) is 0 Å². The molecule has 5 nitrogen and oxygen atoms in total. The number of hydrogen-bond donors (Lipinski definition) is 3. The number of fused-ring (bicyclic) bond motifs is 1. The second-order valence-corrected chi connectivity index (χ2v) is 6.43. The lowest BCUT2D eigenvalue weighted by atomic mass is 9.85. The number of aromatic nitrogens is 2. The lowest BCUT2D eigenvalue weighted by molar-refractivity contribution is -0.142. The number of aliphatic hydroxyl groups is 1. The van der Waals surface area contributed by atoms with Crippen LogP contribution in [0.2, 0.25) is 0 Å². The number of H-pyrrole nitrogens is 1. The molecule has 128 valence electrons. The van der Waals surface area contributed by atoms with Crippen molar-refractivity contribution in [3.63, 3.8) is 0 Å². The van der Waals surface area contributed by atoms with Crippen LogP contribution in [0, 0.1) is 5.92 Å². The number of nitrogens with one attached hydrogen (secondary N) is 2. The fourth-order valence-corrected chi connectivity index (χ4v) is 3.53. The summed E-state index contributed by atoms with van der Waals surface area (Å²) in [6.07, 6.45) is -0.931. The molecule has 0 spiro atoms. The maximum Gasteiger partial charge on any atom is 0.435 e. The largest absolute Gasteiger partial charge is 0.435 e. The number of carbonyl (C=O) groups excluding carboxylic acids is 1. The number of alkyl halides is 3. The first kappa shape index (κ1) is 16.3. The van der Waals surface area contributed by atoms with Gasteiger partial charge in [-0.1, -0.05) is 12.8 Å². The van der Waals surface area contributed by atoms with Crippen molar-refractivity contribution in [3.05, 3.63) is 17.0 Å². The topological polar surface area (TPSA) is 78.0 Å². The first-order valence-corrected chi connectivity index (χ1v) is 7.98. The van der Waals surface area contributed by atoms with Gasteiger partial charge in [0.2, 0.25) is 5.91 Å². The smallest absolute Gasteiger partial charge is 0.391 e. The summed E-state index contributed by atoms with van der Waals surface area (Å²) in [5.74, 6) is -0.772. The van der Waals surface area contributed by atoms with Crippen LogP contribution in [0.3, 0.4) is 0 Å². The molecule has 0 bridgehead atoms. The van der Waals surface area contributed by atoms with Gasteiger partial charge in [0.15, 0.2) is 5.69 Å². The van der Waals surface area contributed by atoms with E-state index in [1.807, 2.05) is 0 Å². The normalized spacial score (nSPS) is 28.3. The van der Waals surface area contributed by atoms with Crippen LogP contribution in [0.1, 0.15) is 49.1 Å². The Bertz CT molecular complexity index is 585. The monoisotopic (exact) mass is 331 g/mol. The number of aliphatic hydroxyl groups excluding tert-OH is 1. The highest BCUT2D eigenvalue weighted by molar-refractivity contribution is 5.79. The lowest BCUT2D eigenvalue weighted by Gasteiger charge is -2.30. The Balaban J connectivity index is 1.69. The highest BCUT2D eigenvalue weighted by Crippen LogP contribution is 2.36. The summed E-state index contributed by atoms with van der Waals surface area (Å²) >= 11 is 0. The summed E-state index contributed by atoms with van der Waals surface area (Å²) in [6, 6.07) is -0.288. The van der Waals surface area contributed by atoms with E-state index < -0.39 is 23.9 Å². The van der Waals surface area contributed by atoms with Gasteiger partial charge in [-0.05, 0) is 32.1 Å². The minimum absolute atomic E-state index is 0.0370. The molecule has 3 N–H and O–H groups in total. The Morgan fingerprint density at radius 3 is 2.70 bits per heavy atom. The van der Waals surface area contributed by atoms with Crippen LogP contribution in [0.5, 0.6) is 0 Å². The molecule has 2 aliphatic carbocycles. The van der Waals surface area contributed by atoms with Gasteiger partial charge < -0.3 is 10.4 Å². The molecule has 3 atom stereocenters. The molecule has 1 saturated carbocycles. The minimum atomic E-state index is -4.51. The molecule has 3 rings (SSSR count). The number of nitrogens with zero attached hydrogens (tertiary/aromatic N) is 1. The van der Waals surface area contributed by atoms with Crippen molar-refractivity contribution in [1.82, 2.24) is 15.5 Å². The second-order valence-electron chi connectivity index (χ2n) is 6.43. The molecule has 1 heterocycles. The van der Waals surface area contributed by atoms with Gasteiger partial charge in [0, 0.05) is 17.2 Å². The Hall–Kier alpha value is -1.57. The van der Waals surface area contributed by atoms with E-state index in [1.54, 1.807) is 0 Å². The van der Waals surface area contributed by atoms with Gasteiger partial charge in [0.05, 0.1) is 12.1 Å². The molecular weight excluding hydrogens is 311 g/mol. The van der Waals surface area contributed by atoms with Crippen molar-refractivity contribution in [2.75, 3.05) is 0 Å². The van der Waals surface area contributed by atoms with Crippen LogP contribution in [0.25, 0.3) is 0 Å². The summed E-state index contributed by atoms with van der Waals surface area (Å²) in [4.78, 5) is 12.4. The van der Waals surface area contributed by atoms with Gasteiger partial charge >= 0.3 is 6.18 Å². The SMILES string of the molecule is O=C(NC1CCCCC1O)C1CCc2[nH]nc(C(F)(F)F)c2C1. The van der Waals surface area contributed by atoms with Gasteiger partial charge in [0.1, 0.15) is 0 Å². The minimum Gasteiger partial charge on any atom is -0.391 e. The molecule has 0 aromatic carbocycles. The first-order valence-electron chi connectivity index (χ1n) is 7.98. The van der Waals surface area contributed by atoms with E-state index in [0.717, 1.165) is 12.8 Å². The quantitative estimate of drug-likeness (QED) is 0.775. The molecule has 1 aromatic rings. The number of halogens is 3. The Kier molecular flexibility index (Phi) is 4.35. The zero-order valence-electron chi connectivity index (χ0n) is 12.6. The first-order chi connectivity index (χ1) is 10.9. The van der Waals surface area contributed by atoms with Crippen molar-refractivity contribution in [2.24, 2.45) is 5.92 Å². The van der Waals surface area contributed by atoms with E-state index in [2.05, 4.69) is 15.5 Å². The molecule has 23 heavy (non-hydrogen) atoms. The summed E-state index contributed by atoms with van der Waals surface area (Å²) in [7, 11) is 0. The van der Waals surface area contributed by atoms with Crippen molar-refractivity contribution >= 4 is 5.91 Å². The predicted molar refractivity (Wildman–Crippen MR) is 75.5 cm³/mol. The van der Waals surface area contributed by atoms with Crippen LogP contribution in [0.4, 0.5) is 13.2 Å². The fourth-order valence-electron chi connectivity index (χ4n) is 3.53. The Morgan fingerprint density at radius 2 is 2.00 bits per heavy atom. The van der Waals surface area contributed by atoms with Gasteiger partial charge in [0.25, 0.3) is 0 Å². The van der Waals surface area contributed by atoms with E-state index >= 15 is 0 Å². The zero-order valence-corrected chi connectivity index (χ0v) is 12.6. The van der Waals surface area contributed by atoms with Crippen LogP contribution in [-0.2, 0) is 23.8 Å². The Morgan fingerprint density at radius 1 is 1.26 bits per heavy atom. The van der Waals surface area contributed by atoms with Gasteiger partial charge in [-0.2, -0.15) is 18.3 Å². The summed E-state index contributed by atoms with van der Waals surface area (Å²) in [5.41, 5.74) is -0.338. The molecule has 0 radical (unpaired) electrons. The van der Waals surface area contributed by atoms with E-state index in [9.17, 15) is 23.1 Å². The van der Waals surface area contributed by atoms with E-state index in [0.29, 0.717) is 31.4 Å². The van der Waals surface area contributed by atoms with Crippen molar-refractivity contribution in [2.45, 2.75) is 63.3 Å². The number of hydrogen-bond acceptors (Lipinski definition) is 3. The molecule has 0 aliphatic heterocycles. The molecule has 0 saturated heterocycles. The highest BCUT2D eigenvalue weighted by Gasteiger charge is 2.40. The summed E-state index contributed by atoms with van der Waals surface area (Å²) in [6.45, 7) is 0. The number of amides is 1. The van der Waals surface area contributed by atoms with Crippen LogP contribution in [0.15, 0.2) is 0 Å². The number of rotatable bonds is 2. The number of carbonyl (C=O) groups is 1. The lowest BCUT2D eigenvalue weighted by Crippen LogP contribution is -2.48. The average molecular weight is 331 g/mol. The molecular formula is C15H20F3N3O2. The third-order valence-corrected chi connectivity index (χ3v) is 4.84. The maximum atomic E-state index is 12.9. The third kappa shape index (κ3) is 3.36. The van der Waals surface area contributed by atoms with Crippen LogP contribution in [-0.4, -0.2) is 33.4 Å². The molecule has 1 aromatic heterocycles.